The molecule has 1 aromatic heterocycles. The molecule has 0 bridgehead atoms. The van der Waals surface area contributed by atoms with Crippen molar-refractivity contribution in [1.29, 1.82) is 0 Å². The number of hydrogen-bond acceptors (Lipinski definition) is 5. The molecule has 0 saturated heterocycles. The molecule has 6 heteroatoms. The van der Waals surface area contributed by atoms with Crippen molar-refractivity contribution in [2.45, 2.75) is 38.5 Å². The summed E-state index contributed by atoms with van der Waals surface area (Å²) in [5, 5.41) is 10.6. The topological polar surface area (TPSA) is 85.1 Å². The van der Waals surface area contributed by atoms with Crippen LogP contribution in [-0.4, -0.2) is 28.9 Å². The molecule has 150 valence electrons. The highest BCUT2D eigenvalue weighted by Gasteiger charge is 2.11. The number of carbonyl (C=O) groups is 2. The first-order valence-corrected chi connectivity index (χ1v) is 9.90. The normalized spacial score (nSPS) is 10.7. The minimum absolute atomic E-state index is 0.295. The standard InChI is InChI=1S/C23H25N3O3/c1-24-22(28)20(27)11-7-2-3-8-12-21-25-26-23(29-21)19-15-13-18(14-16-19)17-9-5-4-6-10-17/h4-6,9-10,13-16H,2-3,7-8,11-12H2,1H3,(H,24,28). The molecule has 0 radical (unpaired) electrons. The van der Waals surface area contributed by atoms with Gasteiger partial charge in [-0.15, -0.1) is 10.2 Å². The number of hydrogen-bond donors (Lipinski definition) is 1. The Bertz CT molecular complexity index is 934. The third-order valence-electron chi connectivity index (χ3n) is 4.73. The summed E-state index contributed by atoms with van der Waals surface area (Å²) in [6.07, 6.45) is 4.47. The Morgan fingerprint density at radius 1 is 0.828 bits per heavy atom. The van der Waals surface area contributed by atoms with Crippen molar-refractivity contribution >= 4 is 11.7 Å². The van der Waals surface area contributed by atoms with Crippen LogP contribution in [0, 0.1) is 0 Å². The lowest BCUT2D eigenvalue weighted by molar-refractivity contribution is -0.137. The van der Waals surface area contributed by atoms with E-state index in [9.17, 15) is 9.59 Å². The van der Waals surface area contributed by atoms with Gasteiger partial charge in [0, 0.05) is 25.5 Å². The van der Waals surface area contributed by atoms with Crippen molar-refractivity contribution in [1.82, 2.24) is 15.5 Å². The highest BCUT2D eigenvalue weighted by molar-refractivity contribution is 6.36. The van der Waals surface area contributed by atoms with Crippen LogP contribution in [0.1, 0.15) is 38.0 Å². The number of likely N-dealkylation sites (N-methyl/N-ethyl adjacent to an activating group) is 1. The van der Waals surface area contributed by atoms with Crippen LogP contribution in [0.25, 0.3) is 22.6 Å². The molecule has 3 aromatic rings. The van der Waals surface area contributed by atoms with Gasteiger partial charge in [-0.2, -0.15) is 0 Å². The summed E-state index contributed by atoms with van der Waals surface area (Å²) in [5.41, 5.74) is 3.21. The Morgan fingerprint density at radius 2 is 1.48 bits per heavy atom. The number of unbranched alkanes of at least 4 members (excludes halogenated alkanes) is 3. The highest BCUT2D eigenvalue weighted by Crippen LogP contribution is 2.24. The number of nitrogens with one attached hydrogen (secondary N) is 1. The quantitative estimate of drug-likeness (QED) is 0.413. The number of amides is 1. The van der Waals surface area contributed by atoms with Crippen molar-refractivity contribution in [3.05, 3.63) is 60.5 Å². The monoisotopic (exact) mass is 391 g/mol. The molecule has 0 spiro atoms. The molecule has 0 aliphatic rings. The molecule has 1 N–H and O–H groups in total. The average molecular weight is 391 g/mol. The van der Waals surface area contributed by atoms with E-state index in [1.54, 1.807) is 0 Å². The predicted octanol–water partition coefficient (Wildman–Crippen LogP) is 4.21. The van der Waals surface area contributed by atoms with E-state index in [-0.39, 0.29) is 5.78 Å². The fourth-order valence-corrected chi connectivity index (χ4v) is 3.08. The fraction of sp³-hybridized carbons (Fsp3) is 0.304. The first kappa shape index (κ1) is 20.5. The van der Waals surface area contributed by atoms with Crippen molar-refractivity contribution in [3.63, 3.8) is 0 Å². The van der Waals surface area contributed by atoms with E-state index in [1.807, 2.05) is 30.3 Å². The second-order valence-corrected chi connectivity index (χ2v) is 6.86. The molecule has 1 amide bonds. The van der Waals surface area contributed by atoms with Crippen molar-refractivity contribution in [2.24, 2.45) is 0 Å². The van der Waals surface area contributed by atoms with E-state index in [2.05, 4.69) is 39.8 Å². The molecule has 0 aliphatic heterocycles. The van der Waals surface area contributed by atoms with Crippen LogP contribution in [0.4, 0.5) is 0 Å². The van der Waals surface area contributed by atoms with E-state index in [4.69, 9.17) is 4.42 Å². The molecule has 0 aliphatic carbocycles. The van der Waals surface area contributed by atoms with Gasteiger partial charge in [-0.1, -0.05) is 55.3 Å². The number of ketones is 1. The first-order chi connectivity index (χ1) is 14.2. The Kier molecular flexibility index (Phi) is 7.28. The number of Topliss-reactive ketones (excluding diaryl/α,β-unsaturated/α-hetero) is 1. The summed E-state index contributed by atoms with van der Waals surface area (Å²) in [7, 11) is 1.47. The van der Waals surface area contributed by atoms with Gasteiger partial charge in [0.2, 0.25) is 17.6 Å². The zero-order chi connectivity index (χ0) is 20.5. The number of carbonyl (C=O) groups excluding carboxylic acids is 2. The van der Waals surface area contributed by atoms with Gasteiger partial charge in [-0.05, 0) is 36.1 Å². The number of rotatable bonds is 10. The molecule has 2 aromatic carbocycles. The number of aromatic nitrogens is 2. The second kappa shape index (κ2) is 10.3. The second-order valence-electron chi connectivity index (χ2n) is 6.86. The Labute approximate surface area is 170 Å². The van der Waals surface area contributed by atoms with Crippen LogP contribution in [-0.2, 0) is 16.0 Å². The lowest BCUT2D eigenvalue weighted by atomic mass is 10.0. The van der Waals surface area contributed by atoms with Gasteiger partial charge in [0.25, 0.3) is 5.91 Å². The smallest absolute Gasteiger partial charge is 0.287 e. The lowest BCUT2D eigenvalue weighted by Gasteiger charge is -2.02. The van der Waals surface area contributed by atoms with Crippen LogP contribution >= 0.6 is 0 Å². The molecule has 1 heterocycles. The van der Waals surface area contributed by atoms with E-state index in [1.165, 1.54) is 12.6 Å². The SMILES string of the molecule is CNC(=O)C(=O)CCCCCCc1nnc(-c2ccc(-c3ccccc3)cc2)o1. The molecule has 6 nitrogen and oxygen atoms in total. The third-order valence-corrected chi connectivity index (χ3v) is 4.73. The van der Waals surface area contributed by atoms with Crippen LogP contribution in [0.2, 0.25) is 0 Å². The fourth-order valence-electron chi connectivity index (χ4n) is 3.08. The number of benzene rings is 2. The summed E-state index contributed by atoms with van der Waals surface area (Å²) in [4.78, 5) is 22.6. The highest BCUT2D eigenvalue weighted by atomic mass is 16.4. The first-order valence-electron chi connectivity index (χ1n) is 9.90. The maximum atomic E-state index is 11.4. The van der Waals surface area contributed by atoms with Gasteiger partial charge in [0.1, 0.15) is 0 Å². The molecular weight excluding hydrogens is 366 g/mol. The van der Waals surface area contributed by atoms with E-state index in [0.717, 1.165) is 36.8 Å². The molecule has 29 heavy (non-hydrogen) atoms. The Morgan fingerprint density at radius 3 is 2.21 bits per heavy atom. The summed E-state index contributed by atoms with van der Waals surface area (Å²) < 4.78 is 5.78. The van der Waals surface area contributed by atoms with Gasteiger partial charge in [-0.3, -0.25) is 9.59 Å². The van der Waals surface area contributed by atoms with Crippen molar-refractivity contribution < 1.29 is 14.0 Å². The average Bonchev–Trinajstić information content (AvgIpc) is 3.25. The maximum Gasteiger partial charge on any atom is 0.287 e. The summed E-state index contributed by atoms with van der Waals surface area (Å²) in [6.45, 7) is 0. The van der Waals surface area contributed by atoms with Gasteiger partial charge in [0.05, 0.1) is 0 Å². The molecule has 0 fully saturated rings. The van der Waals surface area contributed by atoms with Crippen LogP contribution in [0.5, 0.6) is 0 Å². The lowest BCUT2D eigenvalue weighted by Crippen LogP contribution is -2.27. The van der Waals surface area contributed by atoms with Gasteiger partial charge >= 0.3 is 0 Å². The zero-order valence-electron chi connectivity index (χ0n) is 16.6. The van der Waals surface area contributed by atoms with Crippen LogP contribution in [0.3, 0.4) is 0 Å². The number of nitrogens with zero attached hydrogens (tertiary/aromatic N) is 2. The summed E-state index contributed by atoms with van der Waals surface area (Å²) >= 11 is 0. The molecule has 3 rings (SSSR count). The Hall–Kier alpha value is -3.28. The largest absolute Gasteiger partial charge is 0.421 e. The van der Waals surface area contributed by atoms with Crippen molar-refractivity contribution in [2.75, 3.05) is 7.05 Å². The van der Waals surface area contributed by atoms with Gasteiger partial charge in [0.15, 0.2) is 0 Å². The Balaban J connectivity index is 1.44. The maximum absolute atomic E-state index is 11.4. The van der Waals surface area contributed by atoms with Gasteiger partial charge < -0.3 is 9.73 Å². The molecule has 0 saturated carbocycles. The van der Waals surface area contributed by atoms with Crippen LogP contribution < -0.4 is 5.32 Å². The summed E-state index contributed by atoms with van der Waals surface area (Å²) in [6, 6.07) is 18.3. The molecular formula is C23H25N3O3. The van der Waals surface area contributed by atoms with Crippen LogP contribution in [0.15, 0.2) is 59.0 Å². The van der Waals surface area contributed by atoms with E-state index >= 15 is 0 Å². The van der Waals surface area contributed by atoms with Gasteiger partial charge in [-0.25, -0.2) is 0 Å². The minimum atomic E-state index is -0.514. The minimum Gasteiger partial charge on any atom is -0.421 e. The zero-order valence-corrected chi connectivity index (χ0v) is 16.6. The third kappa shape index (κ3) is 5.85. The molecule has 0 atom stereocenters. The molecule has 0 unspecified atom stereocenters. The van der Waals surface area contributed by atoms with Crippen molar-refractivity contribution in [3.8, 4) is 22.6 Å². The predicted molar refractivity (Wildman–Crippen MR) is 111 cm³/mol. The number of aryl methyl sites for hydroxylation is 1. The van der Waals surface area contributed by atoms with E-state index in [0.29, 0.717) is 24.6 Å². The van der Waals surface area contributed by atoms with E-state index < -0.39 is 5.91 Å². The summed E-state index contributed by atoms with van der Waals surface area (Å²) in [5.74, 6) is 0.275.